The SMILES string of the molecule is CC(C)OCCS(=O)(=O)N1CCN(C(=O)CC2CC3CCC(C2)N3)CC1.Cl. The van der Waals surface area contributed by atoms with Crippen molar-refractivity contribution in [2.45, 2.75) is 64.1 Å². The Kier molecular flexibility index (Phi) is 8.36. The lowest BCUT2D eigenvalue weighted by Crippen LogP contribution is -2.51. The Labute approximate surface area is 169 Å². The van der Waals surface area contributed by atoms with Crippen LogP contribution in [-0.4, -0.2) is 80.3 Å². The Morgan fingerprint density at radius 3 is 2.26 bits per heavy atom. The lowest BCUT2D eigenvalue weighted by Gasteiger charge is -2.36. The molecular formula is C18H34ClN3O4S. The highest BCUT2D eigenvalue weighted by Gasteiger charge is 2.35. The molecule has 0 radical (unpaired) electrons. The van der Waals surface area contributed by atoms with Gasteiger partial charge in [0.1, 0.15) is 0 Å². The molecule has 9 heteroatoms. The zero-order valence-corrected chi connectivity index (χ0v) is 18.1. The van der Waals surface area contributed by atoms with E-state index in [9.17, 15) is 13.2 Å². The first-order chi connectivity index (χ1) is 12.3. The molecule has 3 heterocycles. The number of piperazine rings is 1. The van der Waals surface area contributed by atoms with Crippen LogP contribution < -0.4 is 5.32 Å². The minimum absolute atomic E-state index is 0. The van der Waals surface area contributed by atoms with E-state index in [1.165, 1.54) is 17.1 Å². The van der Waals surface area contributed by atoms with Gasteiger partial charge in [0.15, 0.2) is 0 Å². The number of rotatable bonds is 7. The molecule has 0 saturated carbocycles. The Morgan fingerprint density at radius 2 is 1.70 bits per heavy atom. The third-order valence-electron chi connectivity index (χ3n) is 5.81. The number of fused-ring (bicyclic) bond motifs is 2. The minimum atomic E-state index is -3.30. The molecule has 3 fully saturated rings. The van der Waals surface area contributed by atoms with Gasteiger partial charge in [-0.1, -0.05) is 0 Å². The highest BCUT2D eigenvalue weighted by Crippen LogP contribution is 2.33. The Bertz CT molecular complexity index is 581. The van der Waals surface area contributed by atoms with Crippen molar-refractivity contribution >= 4 is 28.3 Å². The summed E-state index contributed by atoms with van der Waals surface area (Å²) in [6, 6.07) is 1.20. The summed E-state index contributed by atoms with van der Waals surface area (Å²) < 4.78 is 31.6. The molecule has 0 aromatic rings. The third-order valence-corrected chi connectivity index (χ3v) is 7.65. The first-order valence-electron chi connectivity index (χ1n) is 9.96. The zero-order chi connectivity index (χ0) is 18.7. The van der Waals surface area contributed by atoms with Gasteiger partial charge >= 0.3 is 0 Å². The molecule has 2 unspecified atom stereocenters. The second-order valence-corrected chi connectivity index (χ2v) is 10.3. The number of carbonyl (C=O) groups excluding carboxylic acids is 1. The number of hydrogen-bond donors (Lipinski definition) is 1. The standard InChI is InChI=1S/C18H33N3O4S.ClH/c1-14(2)25-9-10-26(23,24)21-7-5-20(6-8-21)18(22)13-15-11-16-3-4-17(12-15)19-16;/h14-17,19H,3-13H2,1-2H3;1H. The van der Waals surface area contributed by atoms with Crippen LogP contribution in [0.4, 0.5) is 0 Å². The summed E-state index contributed by atoms with van der Waals surface area (Å²) in [5, 5.41) is 3.61. The van der Waals surface area contributed by atoms with E-state index in [-0.39, 0.29) is 36.8 Å². The lowest BCUT2D eigenvalue weighted by atomic mass is 9.89. The third kappa shape index (κ3) is 6.29. The molecule has 3 saturated heterocycles. The number of carbonyl (C=O) groups is 1. The second kappa shape index (κ2) is 9.87. The summed E-state index contributed by atoms with van der Waals surface area (Å²) in [7, 11) is -3.30. The first-order valence-corrected chi connectivity index (χ1v) is 11.6. The fourth-order valence-corrected chi connectivity index (χ4v) is 5.74. The quantitative estimate of drug-likeness (QED) is 0.666. The van der Waals surface area contributed by atoms with Crippen molar-refractivity contribution in [3.8, 4) is 0 Å². The molecule has 0 spiro atoms. The van der Waals surface area contributed by atoms with Crippen molar-refractivity contribution in [2.24, 2.45) is 5.92 Å². The highest BCUT2D eigenvalue weighted by molar-refractivity contribution is 7.89. The van der Waals surface area contributed by atoms with E-state index in [2.05, 4.69) is 5.32 Å². The summed E-state index contributed by atoms with van der Waals surface area (Å²) >= 11 is 0. The number of hydrogen-bond acceptors (Lipinski definition) is 5. The van der Waals surface area contributed by atoms with Crippen molar-refractivity contribution in [3.63, 3.8) is 0 Å². The van der Waals surface area contributed by atoms with Crippen LogP contribution in [0.25, 0.3) is 0 Å². The van der Waals surface area contributed by atoms with Crippen molar-refractivity contribution < 1.29 is 17.9 Å². The van der Waals surface area contributed by atoms with Gasteiger partial charge in [-0.05, 0) is 45.4 Å². The van der Waals surface area contributed by atoms with Gasteiger partial charge < -0.3 is 15.0 Å². The van der Waals surface area contributed by atoms with E-state index in [1.807, 2.05) is 18.7 Å². The number of nitrogens with one attached hydrogen (secondary N) is 1. The van der Waals surface area contributed by atoms with Gasteiger partial charge in [0.05, 0.1) is 18.5 Å². The van der Waals surface area contributed by atoms with E-state index in [0.717, 1.165) is 12.8 Å². The van der Waals surface area contributed by atoms with Crippen molar-refractivity contribution in [2.75, 3.05) is 38.5 Å². The van der Waals surface area contributed by atoms with E-state index in [4.69, 9.17) is 4.74 Å². The van der Waals surface area contributed by atoms with Crippen LogP contribution in [-0.2, 0) is 19.6 Å². The molecule has 158 valence electrons. The predicted octanol–water partition coefficient (Wildman–Crippen LogP) is 1.23. The summed E-state index contributed by atoms with van der Waals surface area (Å²) in [6.45, 7) is 5.80. The van der Waals surface area contributed by atoms with E-state index < -0.39 is 10.0 Å². The summed E-state index contributed by atoms with van der Waals surface area (Å²) in [5.74, 6) is 0.685. The monoisotopic (exact) mass is 423 g/mol. The molecule has 0 aromatic heterocycles. The van der Waals surface area contributed by atoms with Gasteiger partial charge in [-0.3, -0.25) is 4.79 Å². The van der Waals surface area contributed by atoms with Gasteiger partial charge in [0.2, 0.25) is 15.9 Å². The molecule has 3 aliphatic rings. The van der Waals surface area contributed by atoms with Crippen LogP contribution in [0.1, 0.15) is 46.0 Å². The number of nitrogens with zero attached hydrogens (tertiary/aromatic N) is 2. The summed E-state index contributed by atoms with van der Waals surface area (Å²) in [5.41, 5.74) is 0. The average molecular weight is 424 g/mol. The number of ether oxygens (including phenoxy) is 1. The van der Waals surface area contributed by atoms with Crippen molar-refractivity contribution in [1.29, 1.82) is 0 Å². The molecule has 27 heavy (non-hydrogen) atoms. The molecule has 2 atom stereocenters. The molecule has 1 amide bonds. The topological polar surface area (TPSA) is 79.0 Å². The Hall–Kier alpha value is -0.410. The van der Waals surface area contributed by atoms with Gasteiger partial charge in [-0.2, -0.15) is 4.31 Å². The predicted molar refractivity (Wildman–Crippen MR) is 108 cm³/mol. The maximum atomic E-state index is 12.6. The van der Waals surface area contributed by atoms with Gasteiger partial charge in [-0.25, -0.2) is 8.42 Å². The van der Waals surface area contributed by atoms with Gasteiger partial charge in [-0.15, -0.1) is 12.4 Å². The van der Waals surface area contributed by atoms with Crippen LogP contribution in [0.3, 0.4) is 0 Å². The zero-order valence-electron chi connectivity index (χ0n) is 16.4. The van der Waals surface area contributed by atoms with Gasteiger partial charge in [0.25, 0.3) is 0 Å². The van der Waals surface area contributed by atoms with Crippen molar-refractivity contribution in [1.82, 2.24) is 14.5 Å². The molecule has 3 aliphatic heterocycles. The maximum Gasteiger partial charge on any atom is 0.222 e. The molecule has 2 bridgehead atoms. The van der Waals surface area contributed by atoms with Crippen molar-refractivity contribution in [3.05, 3.63) is 0 Å². The Balaban J connectivity index is 0.00000261. The smallest absolute Gasteiger partial charge is 0.222 e. The second-order valence-electron chi connectivity index (χ2n) is 8.19. The average Bonchev–Trinajstić information content (AvgIpc) is 2.93. The fraction of sp³-hybridized carbons (Fsp3) is 0.944. The molecule has 0 aliphatic carbocycles. The van der Waals surface area contributed by atoms with Crippen LogP contribution in [0.15, 0.2) is 0 Å². The van der Waals surface area contributed by atoms with Gasteiger partial charge in [0, 0.05) is 44.7 Å². The van der Waals surface area contributed by atoms with Crippen LogP contribution >= 0.6 is 12.4 Å². The van der Waals surface area contributed by atoms with Crippen LogP contribution in [0.5, 0.6) is 0 Å². The molecule has 3 rings (SSSR count). The number of sulfonamides is 1. The maximum absolute atomic E-state index is 12.6. The summed E-state index contributed by atoms with van der Waals surface area (Å²) in [6.07, 6.45) is 5.34. The highest BCUT2D eigenvalue weighted by atomic mass is 35.5. The lowest BCUT2D eigenvalue weighted by molar-refractivity contribution is -0.133. The number of amides is 1. The molecule has 1 N–H and O–H groups in total. The normalized spacial score (nSPS) is 29.0. The largest absolute Gasteiger partial charge is 0.378 e. The van der Waals surface area contributed by atoms with E-state index in [0.29, 0.717) is 50.6 Å². The Morgan fingerprint density at radius 1 is 1.11 bits per heavy atom. The molecule has 0 aromatic carbocycles. The molecular weight excluding hydrogens is 390 g/mol. The van der Waals surface area contributed by atoms with E-state index >= 15 is 0 Å². The van der Waals surface area contributed by atoms with Crippen LogP contribution in [0, 0.1) is 5.92 Å². The summed E-state index contributed by atoms with van der Waals surface area (Å²) in [4.78, 5) is 14.5. The molecule has 7 nitrogen and oxygen atoms in total. The van der Waals surface area contributed by atoms with E-state index in [1.54, 1.807) is 0 Å². The first kappa shape index (κ1) is 22.9. The van der Waals surface area contributed by atoms with Crippen LogP contribution in [0.2, 0.25) is 0 Å². The number of piperidine rings is 1. The minimum Gasteiger partial charge on any atom is -0.378 e. The fourth-order valence-electron chi connectivity index (χ4n) is 4.45. The number of halogens is 1.